The van der Waals surface area contributed by atoms with Gasteiger partial charge in [0, 0.05) is 25.4 Å². The second kappa shape index (κ2) is 10.9. The van der Waals surface area contributed by atoms with Gasteiger partial charge in [-0.25, -0.2) is 0 Å². The molecule has 0 aromatic heterocycles. The highest BCUT2D eigenvalue weighted by atomic mass is 16.7. The van der Waals surface area contributed by atoms with Crippen molar-refractivity contribution in [3.63, 3.8) is 0 Å². The molecule has 27 heavy (non-hydrogen) atoms. The normalized spacial score (nSPS) is 37.7. The van der Waals surface area contributed by atoms with E-state index in [1.165, 1.54) is 25.7 Å². The van der Waals surface area contributed by atoms with Crippen LogP contribution in [0.1, 0.15) is 77.6 Å². The standard InChI is InChI=1S/C22H38O5/c1-2-3-4-5-6-9-16(26-22-10-7-8-13-25-22)11-12-17-18-14-21(24)27-20(18)15-19(17)23/h11-12,16-24H,2-10,13-15H2,1H3/b12-11+/t16-,17+,18+,19+,20-,21?,22?/m0/s1. The first-order chi connectivity index (χ1) is 13.2. The quantitative estimate of drug-likeness (QED) is 0.443. The first-order valence-electron chi connectivity index (χ1n) is 11.1. The summed E-state index contributed by atoms with van der Waals surface area (Å²) in [6, 6.07) is 0. The first-order valence-corrected chi connectivity index (χ1v) is 11.1. The summed E-state index contributed by atoms with van der Waals surface area (Å²) in [5.41, 5.74) is 0. The molecular weight excluding hydrogens is 344 g/mol. The van der Waals surface area contributed by atoms with Crippen molar-refractivity contribution in [1.82, 2.24) is 0 Å². The van der Waals surface area contributed by atoms with Crippen LogP contribution in [0.5, 0.6) is 0 Å². The van der Waals surface area contributed by atoms with Crippen molar-refractivity contribution in [1.29, 1.82) is 0 Å². The highest BCUT2D eigenvalue weighted by molar-refractivity contribution is 5.06. The van der Waals surface area contributed by atoms with Gasteiger partial charge in [-0.15, -0.1) is 0 Å². The van der Waals surface area contributed by atoms with E-state index in [1.807, 2.05) is 0 Å². The van der Waals surface area contributed by atoms with E-state index in [1.54, 1.807) is 0 Å². The maximum atomic E-state index is 10.4. The fourth-order valence-corrected chi connectivity index (χ4v) is 4.75. The lowest BCUT2D eigenvalue weighted by molar-refractivity contribution is -0.179. The number of rotatable bonds is 10. The van der Waals surface area contributed by atoms with E-state index in [0.717, 1.165) is 38.7 Å². The summed E-state index contributed by atoms with van der Waals surface area (Å²) in [5.74, 6) is 0.257. The highest BCUT2D eigenvalue weighted by Gasteiger charge is 2.47. The maximum absolute atomic E-state index is 10.4. The van der Waals surface area contributed by atoms with Gasteiger partial charge < -0.3 is 24.4 Å². The lowest BCUT2D eigenvalue weighted by Gasteiger charge is -2.27. The molecule has 1 aliphatic carbocycles. The molecule has 156 valence electrons. The SMILES string of the molecule is CCCCCCC[C@@H](/C=C/[C@@H]1[C@H]2CC(O)O[C@H]2C[C@H]1O)OC1CCCCO1. The van der Waals surface area contributed by atoms with E-state index in [2.05, 4.69) is 19.1 Å². The lowest BCUT2D eigenvalue weighted by Crippen LogP contribution is -2.27. The summed E-state index contributed by atoms with van der Waals surface area (Å²) in [6.45, 7) is 3.02. The van der Waals surface area contributed by atoms with Crippen molar-refractivity contribution in [3.8, 4) is 0 Å². The summed E-state index contributed by atoms with van der Waals surface area (Å²) in [5, 5.41) is 20.2. The summed E-state index contributed by atoms with van der Waals surface area (Å²) in [4.78, 5) is 0. The second-order valence-electron chi connectivity index (χ2n) is 8.47. The van der Waals surface area contributed by atoms with Gasteiger partial charge in [0.2, 0.25) is 0 Å². The largest absolute Gasteiger partial charge is 0.392 e. The molecule has 2 N–H and O–H groups in total. The van der Waals surface area contributed by atoms with Gasteiger partial charge in [-0.2, -0.15) is 0 Å². The van der Waals surface area contributed by atoms with Crippen molar-refractivity contribution in [2.75, 3.05) is 6.61 Å². The predicted octanol–water partition coefficient (Wildman–Crippen LogP) is 3.92. The van der Waals surface area contributed by atoms with Gasteiger partial charge in [-0.1, -0.05) is 51.2 Å². The zero-order valence-electron chi connectivity index (χ0n) is 16.8. The number of hydrogen-bond acceptors (Lipinski definition) is 5. The van der Waals surface area contributed by atoms with Crippen LogP contribution >= 0.6 is 0 Å². The Labute approximate surface area is 164 Å². The maximum Gasteiger partial charge on any atom is 0.158 e. The van der Waals surface area contributed by atoms with Crippen LogP contribution in [0, 0.1) is 11.8 Å². The van der Waals surface area contributed by atoms with Gasteiger partial charge in [0.1, 0.15) is 0 Å². The Bertz CT molecular complexity index is 448. The summed E-state index contributed by atoms with van der Waals surface area (Å²) < 4.78 is 17.6. The fraction of sp³-hybridized carbons (Fsp3) is 0.909. The van der Waals surface area contributed by atoms with Gasteiger partial charge in [0.25, 0.3) is 0 Å². The number of ether oxygens (including phenoxy) is 3. The molecule has 0 aromatic rings. The number of unbranched alkanes of at least 4 members (excludes halogenated alkanes) is 4. The van der Waals surface area contributed by atoms with Gasteiger partial charge >= 0.3 is 0 Å². The van der Waals surface area contributed by atoms with Gasteiger partial charge in [-0.05, 0) is 31.6 Å². The molecule has 0 amide bonds. The molecule has 0 aromatic carbocycles. The first kappa shape index (κ1) is 21.3. The van der Waals surface area contributed by atoms with Crippen molar-refractivity contribution < 1.29 is 24.4 Å². The van der Waals surface area contributed by atoms with E-state index in [9.17, 15) is 10.2 Å². The van der Waals surface area contributed by atoms with E-state index in [4.69, 9.17) is 14.2 Å². The van der Waals surface area contributed by atoms with Crippen molar-refractivity contribution in [2.45, 2.75) is 108 Å². The molecule has 3 rings (SSSR count). The monoisotopic (exact) mass is 382 g/mol. The van der Waals surface area contributed by atoms with E-state index in [0.29, 0.717) is 12.8 Å². The number of aliphatic hydroxyl groups excluding tert-OH is 2. The van der Waals surface area contributed by atoms with E-state index in [-0.39, 0.29) is 36.4 Å². The Morgan fingerprint density at radius 3 is 2.74 bits per heavy atom. The minimum absolute atomic E-state index is 0.0141. The van der Waals surface area contributed by atoms with Crippen LogP contribution in [0.4, 0.5) is 0 Å². The number of fused-ring (bicyclic) bond motifs is 1. The molecule has 2 aliphatic heterocycles. The highest BCUT2D eigenvalue weighted by Crippen LogP contribution is 2.43. The van der Waals surface area contributed by atoms with Crippen LogP contribution in [0.2, 0.25) is 0 Å². The van der Waals surface area contributed by atoms with Gasteiger partial charge in [0.15, 0.2) is 12.6 Å². The molecule has 5 heteroatoms. The van der Waals surface area contributed by atoms with Crippen LogP contribution in [-0.2, 0) is 14.2 Å². The molecule has 0 spiro atoms. The molecule has 5 nitrogen and oxygen atoms in total. The molecule has 2 unspecified atom stereocenters. The third-order valence-electron chi connectivity index (χ3n) is 6.30. The minimum atomic E-state index is -0.676. The van der Waals surface area contributed by atoms with Crippen LogP contribution in [0.25, 0.3) is 0 Å². The summed E-state index contributed by atoms with van der Waals surface area (Å²) in [7, 11) is 0. The van der Waals surface area contributed by atoms with Gasteiger partial charge in [-0.3, -0.25) is 0 Å². The van der Waals surface area contributed by atoms with Crippen molar-refractivity contribution in [2.24, 2.45) is 11.8 Å². The van der Waals surface area contributed by atoms with Crippen molar-refractivity contribution >= 4 is 0 Å². The second-order valence-corrected chi connectivity index (χ2v) is 8.47. The molecule has 0 bridgehead atoms. The Balaban J connectivity index is 1.54. The topological polar surface area (TPSA) is 68.2 Å². The average molecular weight is 383 g/mol. The third-order valence-corrected chi connectivity index (χ3v) is 6.30. The van der Waals surface area contributed by atoms with Crippen molar-refractivity contribution in [3.05, 3.63) is 12.2 Å². The summed E-state index contributed by atoms with van der Waals surface area (Å²) >= 11 is 0. The zero-order valence-corrected chi connectivity index (χ0v) is 16.8. The fourth-order valence-electron chi connectivity index (χ4n) is 4.75. The van der Waals surface area contributed by atoms with Crippen LogP contribution in [0.15, 0.2) is 12.2 Å². The Hall–Kier alpha value is -0.460. The molecule has 7 atom stereocenters. The van der Waals surface area contributed by atoms with Crippen LogP contribution in [0.3, 0.4) is 0 Å². The summed E-state index contributed by atoms with van der Waals surface area (Å²) in [6.07, 6.45) is 14.8. The lowest BCUT2D eigenvalue weighted by atomic mass is 9.91. The molecular formula is C22H38O5. The molecule has 3 fully saturated rings. The molecule has 0 radical (unpaired) electrons. The molecule has 1 saturated carbocycles. The average Bonchev–Trinajstić information content (AvgIpc) is 3.15. The van der Waals surface area contributed by atoms with Crippen LogP contribution in [-0.4, -0.2) is 47.7 Å². The molecule has 3 aliphatic rings. The van der Waals surface area contributed by atoms with Crippen LogP contribution < -0.4 is 0 Å². The molecule has 2 saturated heterocycles. The van der Waals surface area contributed by atoms with Gasteiger partial charge in [0.05, 0.1) is 18.3 Å². The Morgan fingerprint density at radius 1 is 1.11 bits per heavy atom. The van der Waals surface area contributed by atoms with E-state index >= 15 is 0 Å². The Kier molecular flexibility index (Phi) is 8.59. The number of hydrogen-bond donors (Lipinski definition) is 2. The third kappa shape index (κ3) is 6.26. The predicted molar refractivity (Wildman–Crippen MR) is 104 cm³/mol. The van der Waals surface area contributed by atoms with E-state index < -0.39 is 6.29 Å². The molecule has 2 heterocycles. The smallest absolute Gasteiger partial charge is 0.158 e. The number of aliphatic hydroxyl groups is 2. The zero-order chi connectivity index (χ0) is 19.1. The minimum Gasteiger partial charge on any atom is -0.392 e. The Morgan fingerprint density at radius 2 is 1.96 bits per heavy atom.